The number of ether oxygens (including phenoxy) is 2. The number of carbonyl (C=O) groups excluding carboxylic acids is 1. The number of aromatic nitrogens is 3. The molecule has 1 saturated heterocycles. The largest absolute Gasteiger partial charge is 0.379 e. The van der Waals surface area contributed by atoms with E-state index >= 15 is 0 Å². The van der Waals surface area contributed by atoms with Crippen molar-refractivity contribution in [3.8, 4) is 0 Å². The number of carbonyl (C=O) groups is 1. The van der Waals surface area contributed by atoms with Gasteiger partial charge in [0.2, 0.25) is 5.91 Å². The minimum absolute atomic E-state index is 0.0808. The Hall–Kier alpha value is -2.77. The van der Waals surface area contributed by atoms with Gasteiger partial charge in [-0.05, 0) is 24.1 Å². The molecule has 0 spiro atoms. The minimum Gasteiger partial charge on any atom is -0.379 e. The summed E-state index contributed by atoms with van der Waals surface area (Å²) in [5, 5.41) is 11.7. The fraction of sp³-hybridized carbons (Fsp3) is 0.350. The van der Waals surface area contributed by atoms with Crippen LogP contribution in [0.4, 0.5) is 0 Å². The molecule has 1 aliphatic rings. The highest BCUT2D eigenvalue weighted by molar-refractivity contribution is 5.77. The van der Waals surface area contributed by atoms with Gasteiger partial charge in [0.25, 0.3) is 0 Å². The molecular formula is C20H22N4O3. The predicted octanol–water partition coefficient (Wildman–Crippen LogP) is 1.92. The van der Waals surface area contributed by atoms with Crippen molar-refractivity contribution < 1.29 is 14.3 Å². The Kier molecular flexibility index (Phi) is 5.41. The fourth-order valence-corrected chi connectivity index (χ4v) is 3.17. The van der Waals surface area contributed by atoms with Gasteiger partial charge < -0.3 is 14.8 Å². The lowest BCUT2D eigenvalue weighted by molar-refractivity contribution is -0.127. The van der Waals surface area contributed by atoms with Gasteiger partial charge in [-0.2, -0.15) is 15.0 Å². The second-order valence-corrected chi connectivity index (χ2v) is 6.59. The van der Waals surface area contributed by atoms with Crippen LogP contribution in [0.25, 0.3) is 11.0 Å². The first kappa shape index (κ1) is 17.6. The summed E-state index contributed by atoms with van der Waals surface area (Å²) in [6, 6.07) is 17.5. The molecule has 0 saturated carbocycles. The van der Waals surface area contributed by atoms with Crippen LogP contribution in [-0.2, 0) is 27.4 Å². The zero-order chi connectivity index (χ0) is 18.5. The molecule has 1 aromatic heterocycles. The Balaban J connectivity index is 1.34. The number of benzene rings is 2. The number of amides is 1. The molecule has 1 fully saturated rings. The summed E-state index contributed by atoms with van der Waals surface area (Å²) in [5.41, 5.74) is 2.65. The van der Waals surface area contributed by atoms with E-state index in [-0.39, 0.29) is 24.6 Å². The van der Waals surface area contributed by atoms with Crippen molar-refractivity contribution in [3.63, 3.8) is 0 Å². The Morgan fingerprint density at radius 1 is 1.11 bits per heavy atom. The summed E-state index contributed by atoms with van der Waals surface area (Å²) >= 11 is 0. The zero-order valence-corrected chi connectivity index (χ0v) is 15.0. The van der Waals surface area contributed by atoms with E-state index in [1.165, 1.54) is 4.80 Å². The molecule has 7 nitrogen and oxygen atoms in total. The van der Waals surface area contributed by atoms with E-state index in [1.54, 1.807) is 0 Å². The summed E-state index contributed by atoms with van der Waals surface area (Å²) in [4.78, 5) is 13.9. The lowest BCUT2D eigenvalue weighted by Gasteiger charge is -2.32. The van der Waals surface area contributed by atoms with Gasteiger partial charge >= 0.3 is 0 Å². The average molecular weight is 366 g/mol. The number of hydrogen-bond donors (Lipinski definition) is 1. The highest BCUT2D eigenvalue weighted by Crippen LogP contribution is 2.14. The number of hydrogen-bond acceptors (Lipinski definition) is 5. The Morgan fingerprint density at radius 2 is 1.81 bits per heavy atom. The molecule has 1 aliphatic heterocycles. The molecule has 140 valence electrons. The van der Waals surface area contributed by atoms with Crippen LogP contribution in [-0.4, -0.2) is 46.3 Å². The number of nitrogens with one attached hydrogen (secondary N) is 1. The van der Waals surface area contributed by atoms with E-state index < -0.39 is 0 Å². The molecule has 0 radical (unpaired) electrons. The maximum absolute atomic E-state index is 12.5. The Labute approximate surface area is 157 Å². The van der Waals surface area contributed by atoms with Crippen LogP contribution in [0.5, 0.6) is 0 Å². The maximum atomic E-state index is 12.5. The monoisotopic (exact) mass is 366 g/mol. The third-order valence-electron chi connectivity index (χ3n) is 4.57. The average Bonchev–Trinajstić information content (AvgIpc) is 3.10. The molecule has 2 aromatic carbocycles. The van der Waals surface area contributed by atoms with E-state index in [2.05, 4.69) is 15.5 Å². The van der Waals surface area contributed by atoms with E-state index in [0.717, 1.165) is 23.0 Å². The van der Waals surface area contributed by atoms with Gasteiger partial charge in [0, 0.05) is 6.61 Å². The molecular weight excluding hydrogens is 344 g/mol. The highest BCUT2D eigenvalue weighted by atomic mass is 16.5. The molecule has 27 heavy (non-hydrogen) atoms. The van der Waals surface area contributed by atoms with Gasteiger partial charge in [-0.1, -0.05) is 42.5 Å². The molecule has 2 heterocycles. The van der Waals surface area contributed by atoms with E-state index in [1.807, 2.05) is 54.6 Å². The standard InChI is InChI=1S/C20H22N4O3/c25-20(12-24-22-16-8-4-5-9-17(16)23-24)21-18-10-11-26-14-19(18)27-13-15-6-2-1-3-7-15/h1-9,18-19H,10-14H2,(H,21,25)/t18-,19-/m1/s1. The van der Waals surface area contributed by atoms with E-state index in [4.69, 9.17) is 9.47 Å². The molecule has 0 unspecified atom stereocenters. The first-order valence-electron chi connectivity index (χ1n) is 9.10. The van der Waals surface area contributed by atoms with Crippen molar-refractivity contribution in [2.24, 2.45) is 0 Å². The van der Waals surface area contributed by atoms with Crippen LogP contribution >= 0.6 is 0 Å². The summed E-state index contributed by atoms with van der Waals surface area (Å²) in [7, 11) is 0. The molecule has 0 bridgehead atoms. The van der Waals surface area contributed by atoms with Gasteiger partial charge in [0.15, 0.2) is 0 Å². The molecule has 1 N–H and O–H groups in total. The van der Waals surface area contributed by atoms with Crippen LogP contribution in [0.15, 0.2) is 54.6 Å². The van der Waals surface area contributed by atoms with Crippen LogP contribution in [0, 0.1) is 0 Å². The minimum atomic E-state index is -0.174. The lowest BCUT2D eigenvalue weighted by Crippen LogP contribution is -2.50. The van der Waals surface area contributed by atoms with Crippen molar-refractivity contribution >= 4 is 16.9 Å². The van der Waals surface area contributed by atoms with Crippen molar-refractivity contribution in [2.45, 2.75) is 31.7 Å². The smallest absolute Gasteiger partial charge is 0.243 e. The quantitative estimate of drug-likeness (QED) is 0.721. The topological polar surface area (TPSA) is 78.3 Å². The number of rotatable bonds is 6. The molecule has 0 aliphatic carbocycles. The van der Waals surface area contributed by atoms with Crippen molar-refractivity contribution in [3.05, 3.63) is 60.2 Å². The highest BCUT2D eigenvalue weighted by Gasteiger charge is 2.28. The Bertz CT molecular complexity index is 863. The zero-order valence-electron chi connectivity index (χ0n) is 15.0. The normalized spacial score (nSPS) is 19.9. The second kappa shape index (κ2) is 8.28. The Morgan fingerprint density at radius 3 is 2.56 bits per heavy atom. The van der Waals surface area contributed by atoms with Crippen LogP contribution < -0.4 is 5.32 Å². The summed E-state index contributed by atoms with van der Waals surface area (Å²) < 4.78 is 11.5. The van der Waals surface area contributed by atoms with E-state index in [9.17, 15) is 4.79 Å². The third-order valence-corrected chi connectivity index (χ3v) is 4.57. The first-order chi connectivity index (χ1) is 13.3. The molecule has 4 rings (SSSR count). The van der Waals surface area contributed by atoms with Crippen molar-refractivity contribution in [2.75, 3.05) is 13.2 Å². The van der Waals surface area contributed by atoms with Gasteiger partial charge in [-0.15, -0.1) is 0 Å². The second-order valence-electron chi connectivity index (χ2n) is 6.59. The first-order valence-corrected chi connectivity index (χ1v) is 9.10. The van der Waals surface area contributed by atoms with Crippen LogP contribution in [0.2, 0.25) is 0 Å². The third kappa shape index (κ3) is 4.50. The lowest BCUT2D eigenvalue weighted by atomic mass is 10.1. The van der Waals surface area contributed by atoms with Crippen LogP contribution in [0.3, 0.4) is 0 Å². The maximum Gasteiger partial charge on any atom is 0.243 e. The molecule has 2 atom stereocenters. The summed E-state index contributed by atoms with van der Waals surface area (Å²) in [6.07, 6.45) is 0.548. The van der Waals surface area contributed by atoms with E-state index in [0.29, 0.717) is 19.8 Å². The summed E-state index contributed by atoms with van der Waals surface area (Å²) in [5.74, 6) is -0.129. The van der Waals surface area contributed by atoms with Gasteiger partial charge in [-0.25, -0.2) is 0 Å². The van der Waals surface area contributed by atoms with Gasteiger partial charge in [-0.3, -0.25) is 4.79 Å². The predicted molar refractivity (Wildman–Crippen MR) is 99.9 cm³/mol. The fourth-order valence-electron chi connectivity index (χ4n) is 3.17. The van der Waals surface area contributed by atoms with Crippen molar-refractivity contribution in [1.82, 2.24) is 20.3 Å². The van der Waals surface area contributed by atoms with Crippen LogP contribution in [0.1, 0.15) is 12.0 Å². The summed E-state index contributed by atoms with van der Waals surface area (Å²) in [6.45, 7) is 1.66. The van der Waals surface area contributed by atoms with Gasteiger partial charge in [0.1, 0.15) is 23.7 Å². The SMILES string of the molecule is O=C(Cn1nc2ccccc2n1)N[C@@H]1CCOC[C@H]1OCc1ccccc1. The number of fused-ring (bicyclic) bond motifs is 1. The molecule has 3 aromatic rings. The van der Waals surface area contributed by atoms with Gasteiger partial charge in [0.05, 0.1) is 19.3 Å². The molecule has 7 heteroatoms. The number of nitrogens with zero attached hydrogens (tertiary/aromatic N) is 3. The van der Waals surface area contributed by atoms with Crippen molar-refractivity contribution in [1.29, 1.82) is 0 Å². The molecule has 1 amide bonds.